The molecule has 1 aliphatic rings. The molecule has 0 saturated carbocycles. The van der Waals surface area contributed by atoms with Gasteiger partial charge in [0.25, 0.3) is 5.91 Å². The van der Waals surface area contributed by atoms with Gasteiger partial charge in [0.05, 0.1) is 18.3 Å². The molecule has 5 nitrogen and oxygen atoms in total. The van der Waals surface area contributed by atoms with Crippen molar-refractivity contribution in [1.82, 2.24) is 4.90 Å². The third-order valence-corrected chi connectivity index (χ3v) is 4.27. The Hall–Kier alpha value is -1.43. The van der Waals surface area contributed by atoms with E-state index < -0.39 is 5.60 Å². The third-order valence-electron chi connectivity index (χ3n) is 4.27. The standard InChI is InChI=1S/C19H29NO4/c1-19(2,22)9-7-15-5-4-6-16(13-15)18(21)20-10-12-24-17(14-20)8-11-23-3/h4-6,13,17,22H,7-12,14H2,1-3H3/t17-/m1/s1. The van der Waals surface area contributed by atoms with Crippen molar-refractivity contribution >= 4 is 5.91 Å². The predicted molar refractivity (Wildman–Crippen MR) is 93.2 cm³/mol. The van der Waals surface area contributed by atoms with Gasteiger partial charge in [-0.3, -0.25) is 4.79 Å². The highest BCUT2D eigenvalue weighted by molar-refractivity contribution is 5.94. The first kappa shape index (κ1) is 18.9. The lowest BCUT2D eigenvalue weighted by atomic mass is 9.97. The highest BCUT2D eigenvalue weighted by Gasteiger charge is 2.25. The normalized spacial score (nSPS) is 18.7. The monoisotopic (exact) mass is 335 g/mol. The molecule has 1 saturated heterocycles. The van der Waals surface area contributed by atoms with E-state index >= 15 is 0 Å². The lowest BCUT2D eigenvalue weighted by Gasteiger charge is -2.33. The molecule has 0 spiro atoms. The van der Waals surface area contributed by atoms with Crippen LogP contribution in [0.15, 0.2) is 24.3 Å². The average Bonchev–Trinajstić information content (AvgIpc) is 2.57. The van der Waals surface area contributed by atoms with Gasteiger partial charge in [-0.05, 0) is 50.8 Å². The zero-order valence-corrected chi connectivity index (χ0v) is 15.0. The number of benzene rings is 1. The van der Waals surface area contributed by atoms with Crippen LogP contribution in [-0.4, -0.2) is 61.0 Å². The van der Waals surface area contributed by atoms with Gasteiger partial charge in [-0.2, -0.15) is 0 Å². The van der Waals surface area contributed by atoms with Crippen molar-refractivity contribution in [2.45, 2.75) is 44.8 Å². The van der Waals surface area contributed by atoms with Crippen LogP contribution in [0.3, 0.4) is 0 Å². The van der Waals surface area contributed by atoms with E-state index in [9.17, 15) is 9.90 Å². The Bertz CT molecular complexity index is 538. The van der Waals surface area contributed by atoms with Gasteiger partial charge >= 0.3 is 0 Å². The minimum absolute atomic E-state index is 0.0426. The number of rotatable bonds is 7. The Morgan fingerprint density at radius 2 is 2.25 bits per heavy atom. The molecular formula is C19H29NO4. The van der Waals surface area contributed by atoms with Crippen molar-refractivity contribution in [1.29, 1.82) is 0 Å². The molecule has 1 heterocycles. The van der Waals surface area contributed by atoms with Crippen LogP contribution in [0, 0.1) is 0 Å². The summed E-state index contributed by atoms with van der Waals surface area (Å²) in [4.78, 5) is 14.6. The molecule has 0 aliphatic carbocycles. The van der Waals surface area contributed by atoms with Crippen LogP contribution in [0.1, 0.15) is 42.6 Å². The van der Waals surface area contributed by atoms with E-state index in [0.717, 1.165) is 18.4 Å². The van der Waals surface area contributed by atoms with E-state index in [1.54, 1.807) is 21.0 Å². The van der Waals surface area contributed by atoms with Gasteiger partial charge in [0.15, 0.2) is 0 Å². The highest BCUT2D eigenvalue weighted by atomic mass is 16.5. The number of methoxy groups -OCH3 is 1. The lowest BCUT2D eigenvalue weighted by molar-refractivity contribution is -0.0332. The molecule has 0 unspecified atom stereocenters. The molecule has 1 N–H and O–H groups in total. The predicted octanol–water partition coefficient (Wildman–Crippen LogP) is 2.27. The summed E-state index contributed by atoms with van der Waals surface area (Å²) in [6, 6.07) is 7.71. The van der Waals surface area contributed by atoms with Crippen molar-refractivity contribution in [3.63, 3.8) is 0 Å². The molecule has 1 fully saturated rings. The number of carbonyl (C=O) groups excluding carboxylic acids is 1. The summed E-state index contributed by atoms with van der Waals surface area (Å²) < 4.78 is 10.8. The minimum Gasteiger partial charge on any atom is -0.390 e. The van der Waals surface area contributed by atoms with E-state index in [0.29, 0.717) is 38.3 Å². The quantitative estimate of drug-likeness (QED) is 0.830. The third kappa shape index (κ3) is 5.89. The van der Waals surface area contributed by atoms with Gasteiger partial charge in [0.1, 0.15) is 0 Å². The Kier molecular flexibility index (Phi) is 6.78. The zero-order valence-electron chi connectivity index (χ0n) is 15.0. The lowest BCUT2D eigenvalue weighted by Crippen LogP contribution is -2.46. The van der Waals surface area contributed by atoms with Crippen LogP contribution < -0.4 is 0 Å². The van der Waals surface area contributed by atoms with Crippen LogP contribution in [0.5, 0.6) is 0 Å². The fourth-order valence-electron chi connectivity index (χ4n) is 2.82. The molecule has 2 rings (SSSR count). The van der Waals surface area contributed by atoms with Crippen molar-refractivity contribution in [2.24, 2.45) is 0 Å². The molecule has 1 aromatic rings. The topological polar surface area (TPSA) is 59.0 Å². The second-order valence-corrected chi connectivity index (χ2v) is 7.04. The van der Waals surface area contributed by atoms with Crippen LogP contribution in [0.25, 0.3) is 0 Å². The molecule has 134 valence electrons. The van der Waals surface area contributed by atoms with Crippen LogP contribution >= 0.6 is 0 Å². The summed E-state index contributed by atoms with van der Waals surface area (Å²) >= 11 is 0. The number of aliphatic hydroxyl groups is 1. The molecule has 0 bridgehead atoms. The maximum absolute atomic E-state index is 12.8. The van der Waals surface area contributed by atoms with Gasteiger partial charge in [0.2, 0.25) is 0 Å². The minimum atomic E-state index is -0.696. The number of amides is 1. The van der Waals surface area contributed by atoms with E-state index in [1.807, 2.05) is 29.2 Å². The van der Waals surface area contributed by atoms with Crippen molar-refractivity contribution in [2.75, 3.05) is 33.4 Å². The van der Waals surface area contributed by atoms with Crippen LogP contribution in [0.2, 0.25) is 0 Å². The zero-order chi connectivity index (χ0) is 17.6. The van der Waals surface area contributed by atoms with Gasteiger partial charge in [0, 0.05) is 32.4 Å². The SMILES string of the molecule is COCC[C@@H]1CN(C(=O)c2cccc(CCC(C)(C)O)c2)CCO1. The second-order valence-electron chi connectivity index (χ2n) is 7.04. The molecular weight excluding hydrogens is 306 g/mol. The first-order chi connectivity index (χ1) is 11.4. The van der Waals surface area contributed by atoms with Gasteiger partial charge < -0.3 is 19.5 Å². The number of morpholine rings is 1. The van der Waals surface area contributed by atoms with Gasteiger partial charge in [-0.15, -0.1) is 0 Å². The maximum atomic E-state index is 12.8. The first-order valence-corrected chi connectivity index (χ1v) is 8.60. The molecule has 1 atom stereocenters. The Morgan fingerprint density at radius 3 is 2.96 bits per heavy atom. The van der Waals surface area contributed by atoms with E-state index in [2.05, 4.69) is 0 Å². The largest absolute Gasteiger partial charge is 0.390 e. The average molecular weight is 335 g/mol. The van der Waals surface area contributed by atoms with Gasteiger partial charge in [-0.1, -0.05) is 12.1 Å². The van der Waals surface area contributed by atoms with Crippen LogP contribution in [-0.2, 0) is 15.9 Å². The fraction of sp³-hybridized carbons (Fsp3) is 0.632. The van der Waals surface area contributed by atoms with E-state index in [4.69, 9.17) is 9.47 Å². The number of hydrogen-bond donors (Lipinski definition) is 1. The number of carbonyl (C=O) groups is 1. The van der Waals surface area contributed by atoms with E-state index in [1.165, 1.54) is 0 Å². The maximum Gasteiger partial charge on any atom is 0.254 e. The Labute approximate surface area is 144 Å². The summed E-state index contributed by atoms with van der Waals surface area (Å²) in [5, 5.41) is 9.86. The molecule has 1 aromatic carbocycles. The summed E-state index contributed by atoms with van der Waals surface area (Å²) in [5.41, 5.74) is 1.08. The number of hydrogen-bond acceptors (Lipinski definition) is 4. The Balaban J connectivity index is 1.98. The number of aryl methyl sites for hydroxylation is 1. The number of nitrogens with zero attached hydrogens (tertiary/aromatic N) is 1. The molecule has 0 aromatic heterocycles. The summed E-state index contributed by atoms with van der Waals surface area (Å²) in [6.07, 6.45) is 2.26. The van der Waals surface area contributed by atoms with E-state index in [-0.39, 0.29) is 12.0 Å². The second kappa shape index (κ2) is 8.60. The molecule has 1 amide bonds. The fourth-order valence-corrected chi connectivity index (χ4v) is 2.82. The molecule has 1 aliphatic heterocycles. The summed E-state index contributed by atoms with van der Waals surface area (Å²) in [6.45, 7) is 6.04. The summed E-state index contributed by atoms with van der Waals surface area (Å²) in [7, 11) is 1.67. The Morgan fingerprint density at radius 1 is 1.46 bits per heavy atom. The molecule has 5 heteroatoms. The first-order valence-electron chi connectivity index (χ1n) is 8.60. The van der Waals surface area contributed by atoms with Crippen LogP contribution in [0.4, 0.5) is 0 Å². The van der Waals surface area contributed by atoms with Gasteiger partial charge in [-0.25, -0.2) is 0 Å². The highest BCUT2D eigenvalue weighted by Crippen LogP contribution is 2.17. The number of ether oxygens (including phenoxy) is 2. The van der Waals surface area contributed by atoms with Crippen molar-refractivity contribution in [3.8, 4) is 0 Å². The smallest absolute Gasteiger partial charge is 0.254 e. The summed E-state index contributed by atoms with van der Waals surface area (Å²) in [5.74, 6) is 0.0471. The molecule has 0 radical (unpaired) electrons. The molecule has 24 heavy (non-hydrogen) atoms. The van der Waals surface area contributed by atoms with Crippen molar-refractivity contribution in [3.05, 3.63) is 35.4 Å². The van der Waals surface area contributed by atoms with Crippen molar-refractivity contribution < 1.29 is 19.4 Å².